The first-order valence-corrected chi connectivity index (χ1v) is 10.4. The van der Waals surface area contributed by atoms with Crippen LogP contribution in [-0.2, 0) is 11.2 Å². The Morgan fingerprint density at radius 2 is 1.97 bits per heavy atom. The number of nitrogens with zero attached hydrogens (tertiary/aromatic N) is 2. The van der Waals surface area contributed by atoms with Crippen LogP contribution in [0, 0.1) is 5.82 Å². The third-order valence-corrected chi connectivity index (χ3v) is 5.83. The van der Waals surface area contributed by atoms with Crippen molar-refractivity contribution in [1.29, 1.82) is 0 Å². The highest BCUT2D eigenvalue weighted by molar-refractivity contribution is 5.77. The maximum Gasteiger partial charge on any atom is 0.224 e. The number of para-hydroxylation sites is 2. The Bertz CT molecular complexity index is 860. The van der Waals surface area contributed by atoms with Crippen molar-refractivity contribution in [2.45, 2.75) is 37.8 Å². The van der Waals surface area contributed by atoms with Gasteiger partial charge in [-0.1, -0.05) is 30.3 Å². The summed E-state index contributed by atoms with van der Waals surface area (Å²) in [6.45, 7) is 3.05. The molecule has 0 aliphatic carbocycles. The van der Waals surface area contributed by atoms with Crippen LogP contribution in [0.5, 0.6) is 5.75 Å². The van der Waals surface area contributed by atoms with E-state index in [-0.39, 0.29) is 30.2 Å². The van der Waals surface area contributed by atoms with Gasteiger partial charge in [0.25, 0.3) is 0 Å². The number of hydrogen-bond acceptors (Lipinski definition) is 4. The van der Waals surface area contributed by atoms with Crippen LogP contribution in [-0.4, -0.2) is 49.1 Å². The largest absolute Gasteiger partial charge is 0.490 e. The highest BCUT2D eigenvalue weighted by Crippen LogP contribution is 2.32. The van der Waals surface area contributed by atoms with Gasteiger partial charge in [-0.25, -0.2) is 4.39 Å². The summed E-state index contributed by atoms with van der Waals surface area (Å²) in [5, 5.41) is 0. The van der Waals surface area contributed by atoms with Crippen LogP contribution < -0.4 is 15.4 Å². The Balaban J connectivity index is 1.37. The lowest BCUT2D eigenvalue weighted by Crippen LogP contribution is -2.46. The number of carbonyl (C=O) groups excluding carboxylic acids is 1. The number of ether oxygens (including phenoxy) is 1. The molecule has 1 fully saturated rings. The van der Waals surface area contributed by atoms with Crippen LogP contribution in [0.1, 0.15) is 24.8 Å². The second-order valence-corrected chi connectivity index (χ2v) is 7.91. The molecule has 2 aliphatic rings. The zero-order valence-corrected chi connectivity index (χ0v) is 16.6. The van der Waals surface area contributed by atoms with Gasteiger partial charge in [-0.15, -0.1) is 0 Å². The van der Waals surface area contributed by atoms with Gasteiger partial charge in [0.05, 0.1) is 12.2 Å². The summed E-state index contributed by atoms with van der Waals surface area (Å²) in [5.41, 5.74) is 7.85. The molecule has 2 aromatic rings. The van der Waals surface area contributed by atoms with E-state index in [2.05, 4.69) is 11.0 Å². The van der Waals surface area contributed by atoms with E-state index in [1.54, 1.807) is 18.2 Å². The van der Waals surface area contributed by atoms with Gasteiger partial charge < -0.3 is 20.3 Å². The minimum absolute atomic E-state index is 0.0675. The lowest BCUT2D eigenvalue weighted by Gasteiger charge is -2.36. The van der Waals surface area contributed by atoms with E-state index in [0.717, 1.165) is 43.9 Å². The van der Waals surface area contributed by atoms with Crippen molar-refractivity contribution in [3.05, 3.63) is 59.9 Å². The second-order valence-electron chi connectivity index (χ2n) is 7.91. The summed E-state index contributed by atoms with van der Waals surface area (Å²) in [5.74, 6) is 0.708. The number of likely N-dealkylation sites (tertiary alicyclic amines) is 1. The Hall–Kier alpha value is -2.60. The molecule has 0 radical (unpaired) electrons. The smallest absolute Gasteiger partial charge is 0.224 e. The summed E-state index contributed by atoms with van der Waals surface area (Å²) >= 11 is 0. The SMILES string of the molecule is N[C@@H](CC(=O)N1CCC[C@H]1CN1CCOc2ccccc21)Cc1ccccc1F. The molecule has 4 rings (SSSR count). The van der Waals surface area contributed by atoms with E-state index in [1.807, 2.05) is 23.1 Å². The number of halogens is 1. The first kappa shape index (κ1) is 19.7. The Morgan fingerprint density at radius 1 is 1.17 bits per heavy atom. The van der Waals surface area contributed by atoms with Crippen LogP contribution in [0.25, 0.3) is 0 Å². The van der Waals surface area contributed by atoms with Crippen LogP contribution in [0.15, 0.2) is 48.5 Å². The predicted octanol–water partition coefficient (Wildman–Crippen LogP) is 2.98. The molecule has 0 bridgehead atoms. The lowest BCUT2D eigenvalue weighted by molar-refractivity contribution is -0.132. The third kappa shape index (κ3) is 4.53. The number of fused-ring (bicyclic) bond motifs is 1. The van der Waals surface area contributed by atoms with Gasteiger partial charge in [-0.05, 0) is 43.0 Å². The molecule has 29 heavy (non-hydrogen) atoms. The predicted molar refractivity (Wildman–Crippen MR) is 112 cm³/mol. The summed E-state index contributed by atoms with van der Waals surface area (Å²) < 4.78 is 19.6. The van der Waals surface area contributed by atoms with Crippen molar-refractivity contribution in [2.24, 2.45) is 5.73 Å². The van der Waals surface area contributed by atoms with Gasteiger partial charge in [-0.3, -0.25) is 4.79 Å². The minimum Gasteiger partial charge on any atom is -0.490 e. The fourth-order valence-corrected chi connectivity index (χ4v) is 4.38. The average Bonchev–Trinajstić information content (AvgIpc) is 3.18. The quantitative estimate of drug-likeness (QED) is 0.814. The summed E-state index contributed by atoms with van der Waals surface area (Å²) in [4.78, 5) is 17.2. The van der Waals surface area contributed by atoms with Gasteiger partial charge in [-0.2, -0.15) is 0 Å². The molecule has 154 valence electrons. The van der Waals surface area contributed by atoms with E-state index >= 15 is 0 Å². The second kappa shape index (κ2) is 8.82. The van der Waals surface area contributed by atoms with Gasteiger partial charge in [0, 0.05) is 31.6 Å². The molecule has 0 saturated carbocycles. The molecule has 6 heteroatoms. The van der Waals surface area contributed by atoms with Gasteiger partial charge in [0.2, 0.25) is 5.91 Å². The number of hydrogen-bond donors (Lipinski definition) is 1. The number of benzene rings is 2. The molecule has 2 N–H and O–H groups in total. The topological polar surface area (TPSA) is 58.8 Å². The molecular weight excluding hydrogens is 369 g/mol. The molecule has 0 aromatic heterocycles. The Kier molecular flexibility index (Phi) is 6.00. The van der Waals surface area contributed by atoms with Crippen molar-refractivity contribution in [2.75, 3.05) is 31.1 Å². The van der Waals surface area contributed by atoms with Gasteiger partial charge in [0.1, 0.15) is 18.2 Å². The molecule has 2 heterocycles. The number of rotatable bonds is 6. The van der Waals surface area contributed by atoms with Crippen molar-refractivity contribution in [3.63, 3.8) is 0 Å². The molecule has 1 saturated heterocycles. The molecule has 2 aromatic carbocycles. The summed E-state index contributed by atoms with van der Waals surface area (Å²) in [7, 11) is 0. The van der Waals surface area contributed by atoms with E-state index in [0.29, 0.717) is 18.6 Å². The molecule has 0 spiro atoms. The molecule has 2 aliphatic heterocycles. The Morgan fingerprint density at radius 3 is 2.83 bits per heavy atom. The van der Waals surface area contributed by atoms with Crippen molar-refractivity contribution < 1.29 is 13.9 Å². The zero-order valence-electron chi connectivity index (χ0n) is 16.6. The molecule has 2 atom stereocenters. The molecular formula is C23H28FN3O2. The lowest BCUT2D eigenvalue weighted by atomic mass is 10.0. The fourth-order valence-electron chi connectivity index (χ4n) is 4.38. The van der Waals surface area contributed by atoms with Crippen LogP contribution >= 0.6 is 0 Å². The third-order valence-electron chi connectivity index (χ3n) is 5.83. The maximum atomic E-state index is 13.9. The zero-order chi connectivity index (χ0) is 20.2. The number of carbonyl (C=O) groups is 1. The maximum absolute atomic E-state index is 13.9. The monoisotopic (exact) mass is 397 g/mol. The minimum atomic E-state index is -0.384. The van der Waals surface area contributed by atoms with Crippen molar-refractivity contribution in [3.8, 4) is 5.75 Å². The molecule has 5 nitrogen and oxygen atoms in total. The van der Waals surface area contributed by atoms with E-state index in [1.165, 1.54) is 6.07 Å². The Labute approximate surface area is 171 Å². The number of amides is 1. The van der Waals surface area contributed by atoms with Gasteiger partial charge in [0.15, 0.2) is 0 Å². The number of nitrogens with two attached hydrogens (primary N) is 1. The first-order valence-electron chi connectivity index (χ1n) is 10.4. The van der Waals surface area contributed by atoms with Crippen LogP contribution in [0.2, 0.25) is 0 Å². The highest BCUT2D eigenvalue weighted by Gasteiger charge is 2.32. The molecule has 0 unspecified atom stereocenters. The average molecular weight is 397 g/mol. The van der Waals surface area contributed by atoms with Gasteiger partial charge >= 0.3 is 0 Å². The van der Waals surface area contributed by atoms with E-state index < -0.39 is 0 Å². The van der Waals surface area contributed by atoms with Crippen molar-refractivity contribution >= 4 is 11.6 Å². The van der Waals surface area contributed by atoms with Crippen LogP contribution in [0.3, 0.4) is 0 Å². The van der Waals surface area contributed by atoms with Crippen molar-refractivity contribution in [1.82, 2.24) is 4.90 Å². The van der Waals surface area contributed by atoms with E-state index in [4.69, 9.17) is 10.5 Å². The van der Waals surface area contributed by atoms with Crippen LogP contribution in [0.4, 0.5) is 10.1 Å². The normalized spacial score (nSPS) is 19.6. The fraction of sp³-hybridized carbons (Fsp3) is 0.435. The highest BCUT2D eigenvalue weighted by atomic mass is 19.1. The molecule has 1 amide bonds. The summed E-state index contributed by atoms with van der Waals surface area (Å²) in [6.07, 6.45) is 2.61. The number of anilines is 1. The standard InChI is InChI=1S/C23H28FN3O2/c24-20-8-2-1-6-17(20)14-18(25)15-23(28)27-11-5-7-19(27)16-26-12-13-29-22-10-4-3-9-21(22)26/h1-4,6,8-10,18-19H,5,7,11-16,25H2/t18-,19+/m1/s1. The summed E-state index contributed by atoms with van der Waals surface area (Å²) in [6, 6.07) is 14.5. The first-order chi connectivity index (χ1) is 14.1. The van der Waals surface area contributed by atoms with E-state index in [9.17, 15) is 9.18 Å².